The number of hydrogen-bond acceptors (Lipinski definition) is 5. The molecule has 1 atom stereocenters. The summed E-state index contributed by atoms with van der Waals surface area (Å²) < 4.78 is -1.19. The molecular formula is C5H7N2O6+. The van der Waals surface area contributed by atoms with Crippen LogP contribution < -0.4 is 5.59 Å². The lowest BCUT2D eigenvalue weighted by Gasteiger charge is -2.17. The molecule has 0 radical (unpaired) electrons. The number of amides is 1. The number of quaternary nitrogens is 1. The summed E-state index contributed by atoms with van der Waals surface area (Å²) in [6.45, 7) is -0.778. The van der Waals surface area contributed by atoms with Gasteiger partial charge in [0.25, 0.3) is 0 Å². The Bertz CT molecular complexity index is 287. The van der Waals surface area contributed by atoms with Crippen LogP contribution in [0.3, 0.4) is 0 Å². The van der Waals surface area contributed by atoms with E-state index in [1.54, 1.807) is 0 Å². The Labute approximate surface area is 71.8 Å². The van der Waals surface area contributed by atoms with Crippen molar-refractivity contribution < 1.29 is 34.3 Å². The highest BCUT2D eigenvalue weighted by Gasteiger charge is 2.45. The Morgan fingerprint density at radius 2 is 2.15 bits per heavy atom. The van der Waals surface area contributed by atoms with Crippen LogP contribution in [0.15, 0.2) is 12.1 Å². The van der Waals surface area contributed by atoms with Crippen LogP contribution in [0, 0.1) is 0 Å². The minimum atomic E-state index is -1.49. The average Bonchev–Trinajstić information content (AvgIpc) is 2.31. The number of aliphatic carboxylic acids is 1. The van der Waals surface area contributed by atoms with Gasteiger partial charge in [0.05, 0.1) is 0 Å². The van der Waals surface area contributed by atoms with Crippen molar-refractivity contribution in [3.63, 3.8) is 0 Å². The van der Waals surface area contributed by atoms with Gasteiger partial charge < -0.3 is 20.2 Å². The third kappa shape index (κ3) is 1.68. The molecule has 1 aliphatic heterocycles. The van der Waals surface area contributed by atoms with Gasteiger partial charge in [-0.3, -0.25) is 0 Å². The molecule has 0 saturated carbocycles. The first kappa shape index (κ1) is 9.29. The number of aliphatic hydroxyl groups excluding tert-OH is 1. The molecule has 0 aromatic carbocycles. The highest BCUT2D eigenvalue weighted by atomic mass is 16.8. The quantitative estimate of drug-likeness (QED) is 0.429. The largest absolute Gasteiger partial charge is 0.541 e. The second kappa shape index (κ2) is 2.92. The minimum Gasteiger partial charge on any atom is -0.477 e. The first-order chi connectivity index (χ1) is 5.96. The molecule has 13 heavy (non-hydrogen) atoms. The first-order valence-electron chi connectivity index (χ1n) is 3.15. The van der Waals surface area contributed by atoms with E-state index >= 15 is 0 Å². The molecule has 1 heterocycles. The third-order valence-corrected chi connectivity index (χ3v) is 1.37. The predicted molar refractivity (Wildman–Crippen MR) is 35.7 cm³/mol. The Balaban J connectivity index is 2.90. The SMILES string of the molecule is O=C(O)C[N+]1(C(=O)O)C=C(O)ON1. The number of rotatable bonds is 2. The highest BCUT2D eigenvalue weighted by Crippen LogP contribution is 2.14. The summed E-state index contributed by atoms with van der Waals surface area (Å²) in [5.74, 6) is -2.02. The topological polar surface area (TPSA) is 116 Å². The summed E-state index contributed by atoms with van der Waals surface area (Å²) >= 11 is 0. The van der Waals surface area contributed by atoms with Crippen LogP contribution in [0.1, 0.15) is 0 Å². The smallest absolute Gasteiger partial charge is 0.477 e. The molecule has 0 aromatic rings. The molecule has 0 aromatic heterocycles. The second-order valence-electron chi connectivity index (χ2n) is 2.36. The van der Waals surface area contributed by atoms with Crippen molar-refractivity contribution in [3.05, 3.63) is 12.1 Å². The second-order valence-corrected chi connectivity index (χ2v) is 2.36. The molecule has 0 aliphatic carbocycles. The van der Waals surface area contributed by atoms with Crippen LogP contribution >= 0.6 is 0 Å². The van der Waals surface area contributed by atoms with Gasteiger partial charge in [-0.2, -0.15) is 4.79 Å². The van der Waals surface area contributed by atoms with E-state index in [4.69, 9.17) is 15.3 Å². The van der Waals surface area contributed by atoms with Gasteiger partial charge in [-0.15, -0.1) is 0 Å². The molecule has 8 nitrogen and oxygen atoms in total. The molecule has 0 bridgehead atoms. The summed E-state index contributed by atoms with van der Waals surface area (Å²) in [6.07, 6.45) is -0.761. The molecular weight excluding hydrogens is 184 g/mol. The van der Waals surface area contributed by atoms with E-state index in [1.807, 2.05) is 5.59 Å². The molecule has 4 N–H and O–H groups in total. The maximum absolute atomic E-state index is 10.6. The van der Waals surface area contributed by atoms with Crippen LogP contribution in [0.2, 0.25) is 0 Å². The Morgan fingerprint density at radius 1 is 1.54 bits per heavy atom. The number of nitrogens with one attached hydrogen (secondary N) is 1. The summed E-state index contributed by atoms with van der Waals surface area (Å²) in [6, 6.07) is 0. The van der Waals surface area contributed by atoms with Gasteiger partial charge in [-0.05, 0) is 0 Å². The first-order valence-corrected chi connectivity index (χ1v) is 3.15. The van der Waals surface area contributed by atoms with Crippen LogP contribution in [0.5, 0.6) is 0 Å². The lowest BCUT2D eigenvalue weighted by Crippen LogP contribution is -2.56. The van der Waals surface area contributed by atoms with Crippen molar-refractivity contribution in [3.8, 4) is 0 Å². The van der Waals surface area contributed by atoms with Crippen molar-refractivity contribution in [1.82, 2.24) is 5.59 Å². The zero-order chi connectivity index (χ0) is 10.1. The highest BCUT2D eigenvalue weighted by molar-refractivity contribution is 5.71. The minimum absolute atomic E-state index is 0.677. The molecule has 0 saturated heterocycles. The van der Waals surface area contributed by atoms with E-state index in [0.717, 1.165) is 6.20 Å². The summed E-state index contributed by atoms with van der Waals surface area (Å²) in [5, 5.41) is 25.8. The Morgan fingerprint density at radius 3 is 2.46 bits per heavy atom. The van der Waals surface area contributed by atoms with Crippen LogP contribution in [0.25, 0.3) is 0 Å². The summed E-state index contributed by atoms with van der Waals surface area (Å²) in [4.78, 5) is 25.1. The fraction of sp³-hybridized carbons (Fsp3) is 0.200. The lowest BCUT2D eigenvalue weighted by atomic mass is 10.5. The normalized spacial score (nSPS) is 26.3. The monoisotopic (exact) mass is 191 g/mol. The number of aliphatic hydroxyl groups is 1. The number of carboxylic acid groups (broad SMARTS) is 2. The fourth-order valence-corrected chi connectivity index (χ4v) is 0.823. The van der Waals surface area contributed by atoms with Gasteiger partial charge in [0, 0.05) is 5.59 Å². The Kier molecular flexibility index (Phi) is 2.09. The van der Waals surface area contributed by atoms with Crippen molar-refractivity contribution >= 4 is 12.1 Å². The van der Waals surface area contributed by atoms with Gasteiger partial charge in [0.15, 0.2) is 0 Å². The maximum Gasteiger partial charge on any atom is 0.541 e. The standard InChI is InChI=1S/C5H6N2O6/c8-3(9)1-7(5(11)12)2-4(10)13-6-7/h2,6H,1H2,(H2-,8,9,10,11,12)/p+1. The van der Waals surface area contributed by atoms with E-state index in [-0.39, 0.29) is 0 Å². The predicted octanol–water partition coefficient (Wildman–Crippen LogP) is -0.627. The van der Waals surface area contributed by atoms with Crippen molar-refractivity contribution in [1.29, 1.82) is 0 Å². The van der Waals surface area contributed by atoms with Crippen molar-refractivity contribution in [2.75, 3.05) is 6.54 Å². The molecule has 1 amide bonds. The summed E-state index contributed by atoms with van der Waals surface area (Å²) in [5.41, 5.74) is 1.87. The van der Waals surface area contributed by atoms with Gasteiger partial charge >= 0.3 is 18.0 Å². The molecule has 0 spiro atoms. The molecule has 1 unspecified atom stereocenters. The zero-order valence-corrected chi connectivity index (χ0v) is 6.30. The summed E-state index contributed by atoms with van der Waals surface area (Å²) in [7, 11) is 0. The van der Waals surface area contributed by atoms with Crippen LogP contribution in [0.4, 0.5) is 4.79 Å². The fourth-order valence-electron chi connectivity index (χ4n) is 0.823. The van der Waals surface area contributed by atoms with E-state index in [2.05, 4.69) is 4.84 Å². The molecule has 8 heteroatoms. The van der Waals surface area contributed by atoms with E-state index in [9.17, 15) is 9.59 Å². The molecule has 0 fully saturated rings. The van der Waals surface area contributed by atoms with E-state index in [1.165, 1.54) is 0 Å². The number of hydrogen-bond donors (Lipinski definition) is 4. The van der Waals surface area contributed by atoms with Gasteiger partial charge in [-0.25, -0.2) is 4.79 Å². The Hall–Kier alpha value is -1.80. The number of carboxylic acids is 1. The van der Waals surface area contributed by atoms with Crippen molar-refractivity contribution in [2.45, 2.75) is 0 Å². The molecule has 1 rings (SSSR count). The molecule has 72 valence electrons. The van der Waals surface area contributed by atoms with Gasteiger partial charge in [0.1, 0.15) is 0 Å². The zero-order valence-electron chi connectivity index (χ0n) is 6.30. The molecule has 1 aliphatic rings. The lowest BCUT2D eigenvalue weighted by molar-refractivity contribution is -0.863. The van der Waals surface area contributed by atoms with E-state index in [0.29, 0.717) is 0 Å². The number of carbonyl (C=O) groups is 2. The van der Waals surface area contributed by atoms with Gasteiger partial charge in [-0.1, -0.05) is 4.59 Å². The number of nitrogens with zero attached hydrogens (tertiary/aromatic N) is 1. The van der Waals surface area contributed by atoms with Gasteiger partial charge in [0.2, 0.25) is 12.7 Å². The third-order valence-electron chi connectivity index (χ3n) is 1.37. The van der Waals surface area contributed by atoms with Crippen molar-refractivity contribution in [2.24, 2.45) is 0 Å². The van der Waals surface area contributed by atoms with E-state index < -0.39 is 29.1 Å². The van der Waals surface area contributed by atoms with Crippen LogP contribution in [-0.2, 0) is 9.63 Å². The maximum atomic E-state index is 10.6. The van der Waals surface area contributed by atoms with Crippen LogP contribution in [-0.4, -0.2) is 38.5 Å². The average molecular weight is 191 g/mol.